The number of carbonyl (C=O) groups excluding carboxylic acids is 1. The lowest BCUT2D eigenvalue weighted by Gasteiger charge is -2.10. The van der Waals surface area contributed by atoms with E-state index in [1.54, 1.807) is 25.3 Å². The van der Waals surface area contributed by atoms with Gasteiger partial charge >= 0.3 is 0 Å². The number of nitrogens with zero attached hydrogens (tertiary/aromatic N) is 2. The van der Waals surface area contributed by atoms with E-state index in [0.29, 0.717) is 28.5 Å². The number of carbonyl (C=O) groups is 1. The summed E-state index contributed by atoms with van der Waals surface area (Å²) in [7, 11) is 3.06. The molecule has 0 fully saturated rings. The molecule has 0 aliphatic heterocycles. The monoisotopic (exact) mass is 400 g/mol. The zero-order valence-electron chi connectivity index (χ0n) is 16.5. The number of aromatic nitrogens is 1. The Morgan fingerprint density at radius 3 is 2.64 bits per heavy atom. The van der Waals surface area contributed by atoms with Crippen molar-refractivity contribution in [2.45, 2.75) is 26.8 Å². The number of methoxy groups -OCH3 is 2. The summed E-state index contributed by atoms with van der Waals surface area (Å²) in [5.74, 6) is 1.34. The topological polar surface area (TPSA) is 62.1 Å². The van der Waals surface area contributed by atoms with Gasteiger partial charge in [-0.25, -0.2) is 0 Å². The number of para-hydroxylation sites is 1. The molecule has 0 saturated heterocycles. The van der Waals surface area contributed by atoms with Gasteiger partial charge in [-0.3, -0.25) is 4.79 Å². The number of hydrogen-bond acceptors (Lipinski definition) is 5. The molecule has 0 radical (unpaired) electrons. The quantitative estimate of drug-likeness (QED) is 0.594. The van der Waals surface area contributed by atoms with Gasteiger partial charge in [0, 0.05) is 6.54 Å². The summed E-state index contributed by atoms with van der Waals surface area (Å²) in [6.07, 6.45) is 0.933. The van der Waals surface area contributed by atoms with Crippen molar-refractivity contribution in [2.24, 2.45) is 4.99 Å². The van der Waals surface area contributed by atoms with E-state index in [1.165, 1.54) is 18.4 Å². The molecule has 0 saturated carbocycles. The standard InChI is InChI=1S/C21H24N2O4S/c1-5-12-23-16-11-10-14(27-6-2)13-18(16)28-21(23)22-20(24)15-8-7-9-17(25-3)19(15)26-4/h7-11,13H,5-6,12H2,1-4H3. The van der Waals surface area contributed by atoms with Gasteiger partial charge in [0.15, 0.2) is 16.3 Å². The van der Waals surface area contributed by atoms with E-state index in [-0.39, 0.29) is 5.91 Å². The van der Waals surface area contributed by atoms with Gasteiger partial charge in [-0.05, 0) is 43.7 Å². The molecule has 148 valence electrons. The molecule has 3 rings (SSSR count). The van der Waals surface area contributed by atoms with Crippen molar-refractivity contribution in [3.8, 4) is 17.2 Å². The third-order valence-electron chi connectivity index (χ3n) is 4.24. The Kier molecular flexibility index (Phi) is 6.36. The summed E-state index contributed by atoms with van der Waals surface area (Å²) in [6.45, 7) is 5.44. The van der Waals surface area contributed by atoms with E-state index in [9.17, 15) is 4.79 Å². The molecule has 28 heavy (non-hydrogen) atoms. The normalized spacial score (nSPS) is 11.6. The fourth-order valence-electron chi connectivity index (χ4n) is 3.04. The SMILES string of the molecule is CCCn1c(=NC(=O)c2cccc(OC)c2OC)sc2cc(OCC)ccc21. The average Bonchev–Trinajstić information content (AvgIpc) is 3.04. The highest BCUT2D eigenvalue weighted by molar-refractivity contribution is 7.16. The fourth-order valence-corrected chi connectivity index (χ4v) is 4.12. The predicted molar refractivity (Wildman–Crippen MR) is 111 cm³/mol. The summed E-state index contributed by atoms with van der Waals surface area (Å²) in [4.78, 5) is 18.0. The largest absolute Gasteiger partial charge is 0.494 e. The van der Waals surface area contributed by atoms with E-state index in [0.717, 1.165) is 28.9 Å². The Bertz CT molecular complexity index is 1050. The lowest BCUT2D eigenvalue weighted by atomic mass is 10.2. The van der Waals surface area contributed by atoms with E-state index in [4.69, 9.17) is 14.2 Å². The van der Waals surface area contributed by atoms with Crippen LogP contribution in [0.3, 0.4) is 0 Å². The fraction of sp³-hybridized carbons (Fsp3) is 0.333. The highest BCUT2D eigenvalue weighted by atomic mass is 32.1. The Morgan fingerprint density at radius 1 is 1.14 bits per heavy atom. The molecule has 0 spiro atoms. The Hall–Kier alpha value is -2.80. The molecule has 1 heterocycles. The van der Waals surface area contributed by atoms with Crippen LogP contribution in [0, 0.1) is 0 Å². The zero-order valence-corrected chi connectivity index (χ0v) is 17.3. The summed E-state index contributed by atoms with van der Waals surface area (Å²) >= 11 is 1.47. The van der Waals surface area contributed by atoms with Crippen LogP contribution in [0.15, 0.2) is 41.4 Å². The molecular weight excluding hydrogens is 376 g/mol. The van der Waals surface area contributed by atoms with Crippen LogP contribution in [0.1, 0.15) is 30.6 Å². The van der Waals surface area contributed by atoms with Gasteiger partial charge in [-0.2, -0.15) is 4.99 Å². The molecule has 0 atom stereocenters. The summed E-state index contributed by atoms with van der Waals surface area (Å²) in [5, 5.41) is 0. The van der Waals surface area contributed by atoms with Crippen LogP contribution in [0.4, 0.5) is 0 Å². The van der Waals surface area contributed by atoms with Gasteiger partial charge in [0.25, 0.3) is 5.91 Å². The minimum atomic E-state index is -0.364. The number of aryl methyl sites for hydroxylation is 1. The molecular formula is C21H24N2O4S. The number of ether oxygens (including phenoxy) is 3. The molecule has 0 N–H and O–H groups in total. The third kappa shape index (κ3) is 3.89. The van der Waals surface area contributed by atoms with Gasteiger partial charge in [-0.1, -0.05) is 24.3 Å². The van der Waals surface area contributed by atoms with Crippen LogP contribution in [0.25, 0.3) is 10.2 Å². The number of benzene rings is 2. The summed E-state index contributed by atoms with van der Waals surface area (Å²) in [6, 6.07) is 11.2. The maximum absolute atomic E-state index is 12.9. The molecule has 1 amide bonds. The van der Waals surface area contributed by atoms with Crippen LogP contribution in [-0.4, -0.2) is 31.3 Å². The number of rotatable bonds is 7. The van der Waals surface area contributed by atoms with Crippen molar-refractivity contribution >= 4 is 27.5 Å². The van der Waals surface area contributed by atoms with Gasteiger partial charge in [-0.15, -0.1) is 0 Å². The maximum atomic E-state index is 12.9. The first kappa shape index (κ1) is 19.9. The van der Waals surface area contributed by atoms with Crippen molar-refractivity contribution in [1.82, 2.24) is 4.57 Å². The molecule has 7 heteroatoms. The first-order valence-corrected chi connectivity index (χ1v) is 10.0. The van der Waals surface area contributed by atoms with Crippen LogP contribution in [0.5, 0.6) is 17.2 Å². The molecule has 0 aliphatic carbocycles. The summed E-state index contributed by atoms with van der Waals surface area (Å²) < 4.78 is 19.4. The Labute approximate surface area is 168 Å². The smallest absolute Gasteiger partial charge is 0.283 e. The number of hydrogen-bond donors (Lipinski definition) is 0. The highest BCUT2D eigenvalue weighted by Crippen LogP contribution is 2.31. The molecule has 0 aliphatic rings. The van der Waals surface area contributed by atoms with E-state index < -0.39 is 0 Å². The third-order valence-corrected chi connectivity index (χ3v) is 5.28. The van der Waals surface area contributed by atoms with Crippen LogP contribution >= 0.6 is 11.3 Å². The average molecular weight is 401 g/mol. The first-order chi connectivity index (χ1) is 13.6. The van der Waals surface area contributed by atoms with Crippen molar-refractivity contribution in [2.75, 3.05) is 20.8 Å². The Balaban J connectivity index is 2.13. The van der Waals surface area contributed by atoms with Gasteiger partial charge in [0.1, 0.15) is 5.75 Å². The molecule has 6 nitrogen and oxygen atoms in total. The molecule has 0 unspecified atom stereocenters. The Morgan fingerprint density at radius 2 is 1.96 bits per heavy atom. The highest BCUT2D eigenvalue weighted by Gasteiger charge is 2.17. The van der Waals surface area contributed by atoms with E-state index in [1.807, 2.05) is 25.1 Å². The van der Waals surface area contributed by atoms with Crippen molar-refractivity contribution in [3.05, 3.63) is 46.8 Å². The van der Waals surface area contributed by atoms with Crippen molar-refractivity contribution < 1.29 is 19.0 Å². The second-order valence-corrected chi connectivity index (χ2v) is 7.07. The van der Waals surface area contributed by atoms with Crippen LogP contribution < -0.4 is 19.0 Å². The maximum Gasteiger partial charge on any atom is 0.283 e. The lowest BCUT2D eigenvalue weighted by Crippen LogP contribution is -2.17. The molecule has 0 bridgehead atoms. The lowest BCUT2D eigenvalue weighted by molar-refractivity contribution is 0.0994. The number of thiazole rings is 1. The minimum absolute atomic E-state index is 0.364. The molecule has 1 aromatic heterocycles. The van der Waals surface area contributed by atoms with Gasteiger partial charge in [0.2, 0.25) is 0 Å². The van der Waals surface area contributed by atoms with Crippen LogP contribution in [-0.2, 0) is 6.54 Å². The number of amides is 1. The van der Waals surface area contributed by atoms with E-state index in [2.05, 4.69) is 16.5 Å². The molecule has 2 aromatic carbocycles. The molecule has 3 aromatic rings. The number of fused-ring (bicyclic) bond motifs is 1. The minimum Gasteiger partial charge on any atom is -0.494 e. The zero-order chi connectivity index (χ0) is 20.1. The first-order valence-electron chi connectivity index (χ1n) is 9.19. The summed E-state index contributed by atoms with van der Waals surface area (Å²) in [5.41, 5.74) is 1.41. The predicted octanol–water partition coefficient (Wildman–Crippen LogP) is 4.27. The van der Waals surface area contributed by atoms with Gasteiger partial charge < -0.3 is 18.8 Å². The van der Waals surface area contributed by atoms with E-state index >= 15 is 0 Å². The second kappa shape index (κ2) is 8.93. The van der Waals surface area contributed by atoms with Crippen molar-refractivity contribution in [3.63, 3.8) is 0 Å². The van der Waals surface area contributed by atoms with Gasteiger partial charge in [0.05, 0.1) is 36.6 Å². The second-order valence-electron chi connectivity index (χ2n) is 6.06. The van der Waals surface area contributed by atoms with Crippen molar-refractivity contribution in [1.29, 1.82) is 0 Å². The van der Waals surface area contributed by atoms with Crippen LogP contribution in [0.2, 0.25) is 0 Å².